The summed E-state index contributed by atoms with van der Waals surface area (Å²) in [6.07, 6.45) is 19.1. The molecule has 6 aliphatic heterocycles. The Morgan fingerprint density at radius 1 is 0.613 bits per heavy atom. The highest BCUT2D eigenvalue weighted by atomic mass is 79.9. The molecular formula is C68H77BrN16O8. The molecule has 484 valence electrons. The number of amides is 2. The lowest BCUT2D eigenvalue weighted by atomic mass is 9.87. The van der Waals surface area contributed by atoms with Crippen molar-refractivity contribution in [3.63, 3.8) is 0 Å². The average molecular weight is 1330 g/mol. The summed E-state index contributed by atoms with van der Waals surface area (Å²) >= 11 is 3.37. The smallest absolute Gasteiger partial charge is 0.408 e. The Hall–Kier alpha value is -9.30. The number of fused-ring (bicyclic) bond motifs is 6. The van der Waals surface area contributed by atoms with E-state index in [0.29, 0.717) is 70.4 Å². The predicted molar refractivity (Wildman–Crippen MR) is 351 cm³/mol. The van der Waals surface area contributed by atoms with E-state index in [4.69, 9.17) is 33.7 Å². The Balaban J connectivity index is 0.000000154. The second-order valence-electron chi connectivity index (χ2n) is 26.8. The van der Waals surface area contributed by atoms with Gasteiger partial charge < -0.3 is 49.2 Å². The number of pyridine rings is 6. The number of halogens is 1. The molecule has 16 rings (SSSR count). The van der Waals surface area contributed by atoms with Gasteiger partial charge in [0.2, 0.25) is 11.8 Å². The molecule has 8 aliphatic rings. The Labute approximate surface area is 548 Å². The van der Waals surface area contributed by atoms with Crippen LogP contribution in [-0.2, 0) is 22.6 Å². The molecule has 0 spiro atoms. The van der Waals surface area contributed by atoms with Crippen LogP contribution in [-0.4, -0.2) is 165 Å². The van der Waals surface area contributed by atoms with Crippen molar-refractivity contribution in [3.8, 4) is 57.7 Å². The summed E-state index contributed by atoms with van der Waals surface area (Å²) in [5.74, 6) is 3.81. The van der Waals surface area contributed by atoms with E-state index in [0.717, 1.165) is 104 Å². The van der Waals surface area contributed by atoms with Crippen LogP contribution in [0.1, 0.15) is 102 Å². The van der Waals surface area contributed by atoms with Crippen LogP contribution in [0.25, 0.3) is 33.3 Å². The summed E-state index contributed by atoms with van der Waals surface area (Å²) in [5.41, 5.74) is 6.43. The quantitative estimate of drug-likeness (QED) is 0.0759. The number of nitrogens with one attached hydrogen (secondary N) is 2. The summed E-state index contributed by atoms with van der Waals surface area (Å²) in [7, 11) is 3.26. The zero-order chi connectivity index (χ0) is 65.4. The van der Waals surface area contributed by atoms with Gasteiger partial charge in [-0.15, -0.1) is 0 Å². The minimum absolute atomic E-state index is 0.0255. The van der Waals surface area contributed by atoms with Crippen molar-refractivity contribution in [2.45, 2.75) is 140 Å². The van der Waals surface area contributed by atoms with Gasteiger partial charge in [-0.05, 0) is 128 Å². The molecule has 6 saturated heterocycles. The second kappa shape index (κ2) is 26.0. The summed E-state index contributed by atoms with van der Waals surface area (Å²) in [4.78, 5) is 51.8. The highest BCUT2D eigenvalue weighted by Crippen LogP contribution is 2.41. The minimum Gasteiger partial charge on any atom is -0.506 e. The molecule has 4 unspecified atom stereocenters. The zero-order valence-corrected chi connectivity index (χ0v) is 55.1. The van der Waals surface area contributed by atoms with Crippen molar-refractivity contribution in [1.29, 1.82) is 10.5 Å². The average Bonchev–Trinajstić information content (AvgIpc) is 1.68. The number of hydrogen-bond acceptors (Lipinski definition) is 20. The number of aromatic hydroxyl groups is 1. The number of alkyl halides is 1. The van der Waals surface area contributed by atoms with Gasteiger partial charge in [0.05, 0.1) is 72.2 Å². The number of carbonyl (C=O) groups excluding carboxylic acids is 2. The molecule has 24 nitrogen and oxygen atoms in total. The number of alkyl carbamates (subject to hydrolysis) is 2. The van der Waals surface area contributed by atoms with Crippen LogP contribution in [0.4, 0.5) is 21.2 Å². The number of rotatable bonds is 16. The first kappa shape index (κ1) is 63.8. The van der Waals surface area contributed by atoms with Crippen LogP contribution in [0, 0.1) is 22.7 Å². The Kier molecular flexibility index (Phi) is 17.8. The van der Waals surface area contributed by atoms with Crippen LogP contribution in [0.15, 0.2) is 110 Å². The highest BCUT2D eigenvalue weighted by molar-refractivity contribution is 9.09. The molecule has 8 fully saturated rings. The van der Waals surface area contributed by atoms with E-state index in [1.165, 1.54) is 40.9 Å². The van der Waals surface area contributed by atoms with Gasteiger partial charge >= 0.3 is 12.2 Å². The summed E-state index contributed by atoms with van der Waals surface area (Å²) < 4.78 is 30.4. The second-order valence-corrected chi connectivity index (χ2v) is 27.4. The molecule has 2 aliphatic carbocycles. The lowest BCUT2D eigenvalue weighted by Crippen LogP contribution is -2.68. The van der Waals surface area contributed by atoms with Crippen LogP contribution in [0.2, 0.25) is 0 Å². The molecule has 8 aromatic heterocycles. The van der Waals surface area contributed by atoms with Crippen molar-refractivity contribution in [1.82, 2.24) is 59.6 Å². The van der Waals surface area contributed by atoms with Gasteiger partial charge in [-0.2, -0.15) is 20.7 Å². The van der Waals surface area contributed by atoms with Crippen molar-refractivity contribution >= 4 is 50.8 Å². The largest absolute Gasteiger partial charge is 0.506 e. The molecule has 4 bridgehead atoms. The van der Waals surface area contributed by atoms with Crippen LogP contribution in [0.5, 0.6) is 23.3 Å². The van der Waals surface area contributed by atoms with Crippen LogP contribution in [0.3, 0.4) is 0 Å². The predicted octanol–water partition coefficient (Wildman–Crippen LogP) is 9.85. The van der Waals surface area contributed by atoms with Gasteiger partial charge in [0.25, 0.3) is 0 Å². The van der Waals surface area contributed by atoms with Crippen LogP contribution >= 0.6 is 15.9 Å². The Morgan fingerprint density at radius 2 is 1.06 bits per heavy atom. The molecule has 93 heavy (non-hydrogen) atoms. The third-order valence-electron chi connectivity index (χ3n) is 17.6. The standard InChI is InChI=1S/C34H38N8O4.C25H23N7O2.C9H16BrNO2/c1-33(2,3)46-32(43)39-34(9-10-34)21-45-27-12-28(31-24(13-35)16-38-42(31)20-27)23-6-7-29(36-15-23)40-18-25-11-26(19-40)41(25)17-22-5-8-30(44-4)37-14-22;1-34-24-5-2-16(9-28-24)12-31-19-6-20(31)14-30(13-19)23-4-3-17(10-27-23)22-7-21(33)15-32-25(22)18(8-26)11-29-32;1-8(2,3)13-7(12)11-9(6-10)4-5-9/h5-8,12,14-16,20,25-26H,9-11,17-19,21H2,1-4H3,(H,39,43);2-5,7,9-11,15,19-20,33H,6,12-14H2,1H3;4-6H2,1-3H3,(H,11,12). The van der Waals surface area contributed by atoms with Crippen molar-refractivity contribution in [2.75, 3.05) is 62.1 Å². The lowest BCUT2D eigenvalue weighted by molar-refractivity contribution is -0.00879. The van der Waals surface area contributed by atoms with Crippen LogP contribution < -0.4 is 34.6 Å². The van der Waals surface area contributed by atoms with Crippen molar-refractivity contribution in [3.05, 3.63) is 132 Å². The number of methoxy groups -OCH3 is 2. The van der Waals surface area contributed by atoms with Gasteiger partial charge in [0.15, 0.2) is 0 Å². The molecule has 3 N–H and O–H groups in total. The zero-order valence-electron chi connectivity index (χ0n) is 53.5. The summed E-state index contributed by atoms with van der Waals surface area (Å²) in [6, 6.07) is 26.0. The molecule has 2 amide bonds. The summed E-state index contributed by atoms with van der Waals surface area (Å²) in [6.45, 7) is 16.9. The third-order valence-corrected chi connectivity index (χ3v) is 18.7. The maximum atomic E-state index is 12.4. The Morgan fingerprint density at radius 3 is 1.45 bits per heavy atom. The molecule has 2 saturated carbocycles. The first-order valence-electron chi connectivity index (χ1n) is 31.3. The van der Waals surface area contributed by atoms with Crippen molar-refractivity contribution < 1.29 is 38.4 Å². The normalized spacial score (nSPS) is 19.8. The molecule has 8 aromatic rings. The van der Waals surface area contributed by atoms with E-state index < -0.39 is 22.8 Å². The fourth-order valence-electron chi connectivity index (χ4n) is 12.4. The number of ether oxygens (including phenoxy) is 5. The monoisotopic (exact) mass is 1320 g/mol. The van der Waals surface area contributed by atoms with E-state index >= 15 is 0 Å². The van der Waals surface area contributed by atoms with E-state index in [1.807, 2.05) is 103 Å². The number of aromatic nitrogens is 8. The molecule has 4 atom stereocenters. The number of nitriles is 2. The molecule has 25 heteroatoms. The summed E-state index contributed by atoms with van der Waals surface area (Å²) in [5, 5.41) is 44.6. The van der Waals surface area contributed by atoms with Gasteiger partial charge in [-0.1, -0.05) is 28.1 Å². The number of piperazine rings is 2. The molecule has 0 aromatic carbocycles. The van der Waals surface area contributed by atoms with E-state index in [9.17, 15) is 25.2 Å². The number of hydrogen-bond donors (Lipinski definition) is 3. The number of nitrogens with zero attached hydrogens (tertiary/aromatic N) is 14. The lowest BCUT2D eigenvalue weighted by Gasteiger charge is -2.56. The molecule has 0 radical (unpaired) electrons. The van der Waals surface area contributed by atoms with Gasteiger partial charge in [0, 0.05) is 128 Å². The fourth-order valence-corrected chi connectivity index (χ4v) is 13.2. The minimum atomic E-state index is -0.576. The third kappa shape index (κ3) is 14.7. The Bertz CT molecular complexity index is 4070. The van der Waals surface area contributed by atoms with Crippen molar-refractivity contribution in [2.24, 2.45) is 0 Å². The van der Waals surface area contributed by atoms with E-state index in [2.05, 4.69) is 90.6 Å². The fraction of sp³-hybridized carbons (Fsp3) is 0.441. The van der Waals surface area contributed by atoms with Gasteiger partial charge in [-0.25, -0.2) is 38.6 Å². The molecular weight excluding hydrogens is 1250 g/mol. The number of piperidine rings is 2. The maximum Gasteiger partial charge on any atom is 0.408 e. The highest BCUT2D eigenvalue weighted by Gasteiger charge is 2.48. The number of carbonyl (C=O) groups is 2. The maximum absolute atomic E-state index is 12.4. The van der Waals surface area contributed by atoms with Gasteiger partial charge in [-0.3, -0.25) is 9.80 Å². The SMILES string of the molecule is CC(C)(C)OC(=O)NC1(CBr)CC1.COc1ccc(CN2C3CC2CN(c2ccc(-c4cc(O)cn5ncc(C#N)c45)cn2)C3)cn1.COc1ccc(CN2C3CC2CN(c2ccc(-c4cc(OCC5(NC(=O)OC(C)(C)C)CC5)cn5ncc(C#N)c45)cn2)C3)cn1. The molecule has 14 heterocycles. The first-order chi connectivity index (χ1) is 44.6. The first-order valence-corrected chi connectivity index (χ1v) is 32.4. The van der Waals surface area contributed by atoms with Gasteiger partial charge in [0.1, 0.15) is 53.1 Å². The van der Waals surface area contributed by atoms with E-state index in [-0.39, 0.29) is 17.4 Å². The topological polar surface area (TPSA) is 271 Å². The number of anilines is 2. The van der Waals surface area contributed by atoms with E-state index in [1.54, 1.807) is 43.4 Å².